The number of hydrogen-bond donors (Lipinski definition) is 2. The van der Waals surface area contributed by atoms with Crippen molar-refractivity contribution in [2.24, 2.45) is 0 Å². The molecule has 0 bridgehead atoms. The fourth-order valence-electron chi connectivity index (χ4n) is 2.67. The van der Waals surface area contributed by atoms with E-state index in [1.165, 1.54) is 11.3 Å². The molecule has 0 atom stereocenters. The minimum atomic E-state index is 0.127. The van der Waals surface area contributed by atoms with Gasteiger partial charge in [0.2, 0.25) is 5.91 Å². The molecule has 1 amide bonds. The Bertz CT molecular complexity index is 479. The molecule has 0 saturated carbocycles. The van der Waals surface area contributed by atoms with Crippen LogP contribution in [0.3, 0.4) is 0 Å². The van der Waals surface area contributed by atoms with Crippen LogP contribution in [0.15, 0.2) is 24.3 Å². The molecule has 4 nitrogen and oxygen atoms in total. The van der Waals surface area contributed by atoms with Gasteiger partial charge in [0.25, 0.3) is 0 Å². The average molecular weight is 290 g/mol. The van der Waals surface area contributed by atoms with Crippen LogP contribution in [-0.2, 0) is 11.2 Å². The molecule has 2 rings (SSSR count). The maximum Gasteiger partial charge on any atom is 0.239 e. The fraction of sp³-hybridized carbons (Fsp3) is 0.588. The number of anilines is 1. The molecule has 0 unspecified atom stereocenters. The predicted octanol–water partition coefficient (Wildman–Crippen LogP) is 0.917. The third kappa shape index (κ3) is 5.05. The number of rotatable bonds is 6. The van der Waals surface area contributed by atoms with Gasteiger partial charge in [0, 0.05) is 25.2 Å². The number of carbonyl (C=O) groups is 1. The Hall–Kier alpha value is -1.55. The predicted molar refractivity (Wildman–Crippen MR) is 86.5 cm³/mol. The molecule has 1 aliphatic rings. The summed E-state index contributed by atoms with van der Waals surface area (Å²) in [5.74, 6) is 0.127. The number of para-hydroxylation sites is 1. The first-order valence-electron chi connectivity index (χ1n) is 7.90. The first kappa shape index (κ1) is 15.8. The second-order valence-electron chi connectivity index (χ2n) is 6.86. The van der Waals surface area contributed by atoms with E-state index in [2.05, 4.69) is 54.5 Å². The molecule has 1 aliphatic heterocycles. The van der Waals surface area contributed by atoms with Crippen LogP contribution in [0, 0.1) is 0 Å². The van der Waals surface area contributed by atoms with Gasteiger partial charge in [-0.05, 0) is 38.8 Å². The van der Waals surface area contributed by atoms with Gasteiger partial charge in [-0.2, -0.15) is 0 Å². The van der Waals surface area contributed by atoms with Crippen LogP contribution in [0.25, 0.3) is 0 Å². The summed E-state index contributed by atoms with van der Waals surface area (Å²) in [6, 6.07) is 8.36. The summed E-state index contributed by atoms with van der Waals surface area (Å²) in [7, 11) is 0. The summed E-state index contributed by atoms with van der Waals surface area (Å²) in [5.41, 5.74) is 2.84. The van der Waals surface area contributed by atoms with Gasteiger partial charge in [0.15, 0.2) is 0 Å². The summed E-state index contributed by atoms with van der Waals surface area (Å²) < 4.78 is 0. The van der Waals surface area contributed by atoms with E-state index in [0.717, 1.165) is 32.5 Å². The molecule has 0 saturated heterocycles. The lowest BCUT2D eigenvalue weighted by molar-refractivity contribution is -0.717. The number of quaternary nitrogens is 1. The lowest BCUT2D eigenvalue weighted by Crippen LogP contribution is -2.94. The molecule has 1 aromatic carbocycles. The van der Waals surface area contributed by atoms with Crippen LogP contribution in [0.4, 0.5) is 5.69 Å². The standard InChI is InChI=1S/C17H27N3O/c1-17(2,3)19-11-6-10-18-16(21)13-20-12-9-14-7-4-5-8-15(14)20/h4-5,7-8,19H,6,9-13H2,1-3H3,(H,18,21)/p+1. The quantitative estimate of drug-likeness (QED) is 0.765. The van der Waals surface area contributed by atoms with E-state index >= 15 is 0 Å². The second-order valence-corrected chi connectivity index (χ2v) is 6.86. The Morgan fingerprint density at radius 2 is 2.10 bits per heavy atom. The fourth-order valence-corrected chi connectivity index (χ4v) is 2.67. The Labute approximate surface area is 127 Å². The lowest BCUT2D eigenvalue weighted by atomic mass is 10.1. The van der Waals surface area contributed by atoms with Gasteiger partial charge in [-0.15, -0.1) is 0 Å². The maximum absolute atomic E-state index is 12.0. The van der Waals surface area contributed by atoms with Gasteiger partial charge in [0.05, 0.1) is 18.6 Å². The highest BCUT2D eigenvalue weighted by molar-refractivity contribution is 5.82. The third-order valence-electron chi connectivity index (χ3n) is 3.78. The highest BCUT2D eigenvalue weighted by atomic mass is 16.2. The molecule has 3 N–H and O–H groups in total. The molecule has 4 heteroatoms. The van der Waals surface area contributed by atoms with Gasteiger partial charge in [-0.25, -0.2) is 0 Å². The van der Waals surface area contributed by atoms with Gasteiger partial charge >= 0.3 is 0 Å². The van der Waals surface area contributed by atoms with Crippen molar-refractivity contribution in [1.29, 1.82) is 0 Å². The normalized spacial score (nSPS) is 14.1. The summed E-state index contributed by atoms with van der Waals surface area (Å²) in [6.45, 7) is 9.85. The van der Waals surface area contributed by atoms with E-state index in [1.807, 2.05) is 6.07 Å². The van der Waals surface area contributed by atoms with Gasteiger partial charge in [-0.1, -0.05) is 18.2 Å². The molecule has 0 aliphatic carbocycles. The van der Waals surface area contributed by atoms with Crippen LogP contribution in [-0.4, -0.2) is 37.6 Å². The number of nitrogens with one attached hydrogen (secondary N) is 1. The molecular formula is C17H28N3O+. The Morgan fingerprint density at radius 1 is 1.33 bits per heavy atom. The first-order chi connectivity index (χ1) is 9.96. The van der Waals surface area contributed by atoms with Crippen LogP contribution >= 0.6 is 0 Å². The Kier molecular flexibility index (Phi) is 5.23. The number of amides is 1. The van der Waals surface area contributed by atoms with Crippen LogP contribution < -0.4 is 15.5 Å². The van der Waals surface area contributed by atoms with Crippen molar-refractivity contribution in [3.05, 3.63) is 29.8 Å². The van der Waals surface area contributed by atoms with Crippen LogP contribution in [0.1, 0.15) is 32.8 Å². The number of fused-ring (bicyclic) bond motifs is 1. The maximum atomic E-state index is 12.0. The van der Waals surface area contributed by atoms with E-state index in [9.17, 15) is 4.79 Å². The summed E-state index contributed by atoms with van der Waals surface area (Å²) >= 11 is 0. The topological polar surface area (TPSA) is 49.0 Å². The molecular weight excluding hydrogens is 262 g/mol. The molecule has 0 aromatic heterocycles. The second kappa shape index (κ2) is 6.94. The summed E-state index contributed by atoms with van der Waals surface area (Å²) in [4.78, 5) is 14.2. The smallest absolute Gasteiger partial charge is 0.239 e. The van der Waals surface area contributed by atoms with Gasteiger partial charge in [0.1, 0.15) is 0 Å². The Morgan fingerprint density at radius 3 is 2.86 bits per heavy atom. The molecule has 116 valence electrons. The van der Waals surface area contributed by atoms with Crippen molar-refractivity contribution in [2.45, 2.75) is 39.2 Å². The zero-order valence-electron chi connectivity index (χ0n) is 13.5. The van der Waals surface area contributed by atoms with Crippen LogP contribution in [0.5, 0.6) is 0 Å². The number of carbonyl (C=O) groups excluding carboxylic acids is 1. The molecule has 1 heterocycles. The molecule has 0 spiro atoms. The van der Waals surface area contributed by atoms with E-state index < -0.39 is 0 Å². The lowest BCUT2D eigenvalue weighted by Gasteiger charge is -2.19. The molecule has 21 heavy (non-hydrogen) atoms. The van der Waals surface area contributed by atoms with Crippen molar-refractivity contribution in [2.75, 3.05) is 31.1 Å². The molecule has 0 radical (unpaired) electrons. The van der Waals surface area contributed by atoms with Crippen molar-refractivity contribution in [3.63, 3.8) is 0 Å². The number of hydrogen-bond acceptors (Lipinski definition) is 2. The summed E-state index contributed by atoms with van der Waals surface area (Å²) in [6.07, 6.45) is 2.06. The van der Waals surface area contributed by atoms with Gasteiger partial charge < -0.3 is 15.5 Å². The van der Waals surface area contributed by atoms with Gasteiger partial charge in [-0.3, -0.25) is 4.79 Å². The minimum Gasteiger partial charge on any atom is -0.362 e. The summed E-state index contributed by atoms with van der Waals surface area (Å²) in [5, 5.41) is 5.34. The highest BCUT2D eigenvalue weighted by Gasteiger charge is 2.20. The minimum absolute atomic E-state index is 0.127. The van der Waals surface area contributed by atoms with E-state index in [1.54, 1.807) is 0 Å². The zero-order valence-corrected chi connectivity index (χ0v) is 13.5. The first-order valence-corrected chi connectivity index (χ1v) is 7.90. The third-order valence-corrected chi connectivity index (χ3v) is 3.78. The van der Waals surface area contributed by atoms with E-state index in [0.29, 0.717) is 6.54 Å². The zero-order chi connectivity index (χ0) is 15.3. The van der Waals surface area contributed by atoms with Crippen LogP contribution in [0.2, 0.25) is 0 Å². The molecule has 1 aromatic rings. The van der Waals surface area contributed by atoms with Crippen molar-refractivity contribution >= 4 is 11.6 Å². The van der Waals surface area contributed by atoms with Crippen molar-refractivity contribution in [3.8, 4) is 0 Å². The average Bonchev–Trinajstić information content (AvgIpc) is 2.81. The number of nitrogens with two attached hydrogens (primary N) is 1. The monoisotopic (exact) mass is 290 g/mol. The van der Waals surface area contributed by atoms with E-state index in [4.69, 9.17) is 0 Å². The highest BCUT2D eigenvalue weighted by Crippen LogP contribution is 2.26. The Balaban J connectivity index is 1.67. The number of benzene rings is 1. The van der Waals surface area contributed by atoms with Crippen molar-refractivity contribution < 1.29 is 10.1 Å². The van der Waals surface area contributed by atoms with Crippen molar-refractivity contribution in [1.82, 2.24) is 5.32 Å². The largest absolute Gasteiger partial charge is 0.362 e. The SMILES string of the molecule is CC(C)(C)[NH2+]CCCNC(=O)CN1CCc2ccccc21. The van der Waals surface area contributed by atoms with E-state index in [-0.39, 0.29) is 11.4 Å². The molecule has 0 fully saturated rings. The number of nitrogens with zero attached hydrogens (tertiary/aromatic N) is 1.